The first-order valence-corrected chi connectivity index (χ1v) is 11.9. The van der Waals surface area contributed by atoms with Gasteiger partial charge >= 0.3 is 0 Å². The molecule has 0 heterocycles. The molecule has 0 aliphatic carbocycles. The first-order chi connectivity index (χ1) is 17.6. The third-order valence-corrected chi connectivity index (χ3v) is 5.29. The van der Waals surface area contributed by atoms with Crippen LogP contribution >= 0.6 is 0 Å². The second kappa shape index (κ2) is 12.8. The summed E-state index contributed by atoms with van der Waals surface area (Å²) in [6, 6.07) is 33.5. The van der Waals surface area contributed by atoms with Crippen molar-refractivity contribution in [3.63, 3.8) is 0 Å². The Hall–Kier alpha value is -4.58. The highest BCUT2D eigenvalue weighted by molar-refractivity contribution is 5.91. The maximum atomic E-state index is 12.2. The van der Waals surface area contributed by atoms with E-state index in [1.807, 2.05) is 84.9 Å². The van der Waals surface area contributed by atoms with E-state index >= 15 is 0 Å². The van der Waals surface area contributed by atoms with Crippen LogP contribution in [0.4, 0.5) is 11.4 Å². The predicted octanol–water partition coefficient (Wildman–Crippen LogP) is 7.41. The largest absolute Gasteiger partial charge is 0.457 e. The van der Waals surface area contributed by atoms with Gasteiger partial charge in [-0.2, -0.15) is 0 Å². The Bertz CT molecular complexity index is 1140. The van der Waals surface area contributed by atoms with E-state index in [9.17, 15) is 9.59 Å². The Kier molecular flexibility index (Phi) is 8.70. The molecule has 0 saturated heterocycles. The molecule has 6 heteroatoms. The van der Waals surface area contributed by atoms with E-state index in [1.54, 1.807) is 24.3 Å². The lowest BCUT2D eigenvalue weighted by Crippen LogP contribution is -2.13. The van der Waals surface area contributed by atoms with Gasteiger partial charge in [0.05, 0.1) is 0 Å². The van der Waals surface area contributed by atoms with Crippen LogP contribution < -0.4 is 20.1 Å². The number of ether oxygens (including phenoxy) is 2. The lowest BCUT2D eigenvalue weighted by Gasteiger charge is -2.09. The summed E-state index contributed by atoms with van der Waals surface area (Å²) in [5, 5.41) is 5.75. The quantitative estimate of drug-likeness (QED) is 0.219. The highest BCUT2D eigenvalue weighted by Crippen LogP contribution is 2.24. The van der Waals surface area contributed by atoms with E-state index in [1.165, 1.54) is 0 Å². The Morgan fingerprint density at radius 2 is 0.806 bits per heavy atom. The summed E-state index contributed by atoms with van der Waals surface area (Å²) in [7, 11) is 0. The lowest BCUT2D eigenvalue weighted by atomic mass is 10.1. The van der Waals surface area contributed by atoms with E-state index in [2.05, 4.69) is 10.6 Å². The second-order valence-corrected chi connectivity index (χ2v) is 8.18. The van der Waals surface area contributed by atoms with Crippen molar-refractivity contribution in [2.75, 3.05) is 10.6 Å². The number of nitrogens with one attached hydrogen (secondary N) is 2. The van der Waals surface area contributed by atoms with Gasteiger partial charge in [0.15, 0.2) is 0 Å². The van der Waals surface area contributed by atoms with Crippen LogP contribution in [0.5, 0.6) is 23.0 Å². The van der Waals surface area contributed by atoms with Gasteiger partial charge < -0.3 is 20.1 Å². The van der Waals surface area contributed by atoms with Crippen molar-refractivity contribution < 1.29 is 19.1 Å². The maximum Gasteiger partial charge on any atom is 0.224 e. The molecule has 182 valence electrons. The van der Waals surface area contributed by atoms with Crippen molar-refractivity contribution in [1.29, 1.82) is 0 Å². The van der Waals surface area contributed by atoms with Gasteiger partial charge in [-0.1, -0.05) is 36.4 Å². The number of hydrogen-bond donors (Lipinski definition) is 2. The monoisotopic (exact) mass is 480 g/mol. The molecule has 0 aliphatic heterocycles. The summed E-state index contributed by atoms with van der Waals surface area (Å²) in [6.45, 7) is 0. The third-order valence-electron chi connectivity index (χ3n) is 5.29. The molecule has 0 aliphatic rings. The molecule has 0 radical (unpaired) electrons. The smallest absolute Gasteiger partial charge is 0.224 e. The van der Waals surface area contributed by atoms with Crippen LogP contribution in [0.25, 0.3) is 0 Å². The van der Waals surface area contributed by atoms with Crippen LogP contribution in [-0.2, 0) is 9.59 Å². The Morgan fingerprint density at radius 1 is 0.472 bits per heavy atom. The van der Waals surface area contributed by atoms with Gasteiger partial charge in [-0.15, -0.1) is 0 Å². The zero-order chi connectivity index (χ0) is 25.0. The Labute approximate surface area is 210 Å². The first-order valence-electron chi connectivity index (χ1n) is 11.9. The average molecular weight is 481 g/mol. The first kappa shape index (κ1) is 24.5. The Balaban J connectivity index is 1.12. The van der Waals surface area contributed by atoms with Crippen LogP contribution in [0.2, 0.25) is 0 Å². The zero-order valence-electron chi connectivity index (χ0n) is 19.9. The number of para-hydroxylation sites is 2. The van der Waals surface area contributed by atoms with Gasteiger partial charge in [0.1, 0.15) is 23.0 Å². The minimum Gasteiger partial charge on any atom is -0.457 e. The molecule has 4 aromatic carbocycles. The summed E-state index contributed by atoms with van der Waals surface area (Å²) < 4.78 is 11.5. The molecule has 4 rings (SSSR count). The van der Waals surface area contributed by atoms with Crippen molar-refractivity contribution in [2.24, 2.45) is 0 Å². The van der Waals surface area contributed by atoms with E-state index < -0.39 is 0 Å². The maximum absolute atomic E-state index is 12.2. The van der Waals surface area contributed by atoms with Crippen molar-refractivity contribution in [1.82, 2.24) is 0 Å². The number of amides is 2. The van der Waals surface area contributed by atoms with Crippen LogP contribution in [0, 0.1) is 0 Å². The van der Waals surface area contributed by atoms with Gasteiger partial charge in [0.2, 0.25) is 11.8 Å². The molecule has 0 unspecified atom stereocenters. The van der Waals surface area contributed by atoms with Crippen LogP contribution in [0.1, 0.15) is 25.7 Å². The fourth-order valence-electron chi connectivity index (χ4n) is 3.48. The molecule has 6 nitrogen and oxygen atoms in total. The number of carbonyl (C=O) groups excluding carboxylic acids is 2. The molecule has 0 atom stereocenters. The summed E-state index contributed by atoms with van der Waals surface area (Å²) in [6.07, 6.45) is 1.94. The fraction of sp³-hybridized carbons (Fsp3) is 0.133. The minimum atomic E-state index is -0.0823. The number of unbranched alkanes of at least 4 members (excludes halogenated alkanes) is 1. The zero-order valence-corrected chi connectivity index (χ0v) is 19.9. The molecule has 4 aromatic rings. The van der Waals surface area contributed by atoms with Crippen molar-refractivity contribution >= 4 is 23.2 Å². The topological polar surface area (TPSA) is 76.7 Å². The third kappa shape index (κ3) is 8.02. The summed E-state index contributed by atoms with van der Waals surface area (Å²) in [4.78, 5) is 24.5. The van der Waals surface area contributed by atoms with E-state index in [0.29, 0.717) is 48.6 Å². The molecule has 0 bridgehead atoms. The molecule has 2 amide bonds. The summed E-state index contributed by atoms with van der Waals surface area (Å²) in [5.41, 5.74) is 1.41. The molecule has 2 N–H and O–H groups in total. The van der Waals surface area contributed by atoms with Crippen LogP contribution in [-0.4, -0.2) is 11.8 Å². The number of anilines is 2. The lowest BCUT2D eigenvalue weighted by molar-refractivity contribution is -0.118. The number of benzene rings is 4. The van der Waals surface area contributed by atoms with Gasteiger partial charge in [-0.25, -0.2) is 0 Å². The standard InChI is InChI=1S/C30H28N2O4/c33-29(31-23-15-19-27(20-16-23)35-25-9-3-1-4-10-25)13-7-8-14-30(34)32-24-17-21-28(22-18-24)36-26-11-5-2-6-12-26/h1-6,9-12,15-22H,7-8,13-14H2,(H,31,33)(H,32,34). The molecule has 0 aromatic heterocycles. The molecule has 0 fully saturated rings. The average Bonchev–Trinajstić information content (AvgIpc) is 2.90. The highest BCUT2D eigenvalue weighted by atomic mass is 16.5. The van der Waals surface area contributed by atoms with Crippen LogP contribution in [0.15, 0.2) is 109 Å². The second-order valence-electron chi connectivity index (χ2n) is 8.18. The number of rotatable bonds is 11. The number of carbonyl (C=O) groups is 2. The molecule has 0 spiro atoms. The van der Waals surface area contributed by atoms with Gasteiger partial charge in [-0.3, -0.25) is 9.59 Å². The SMILES string of the molecule is O=C(CCCCC(=O)Nc1ccc(Oc2ccccc2)cc1)Nc1ccc(Oc2ccccc2)cc1. The van der Waals surface area contributed by atoms with Crippen molar-refractivity contribution in [3.8, 4) is 23.0 Å². The number of hydrogen-bond acceptors (Lipinski definition) is 4. The van der Waals surface area contributed by atoms with Crippen molar-refractivity contribution in [2.45, 2.75) is 25.7 Å². The van der Waals surface area contributed by atoms with E-state index in [4.69, 9.17) is 9.47 Å². The highest BCUT2D eigenvalue weighted by Gasteiger charge is 2.07. The minimum absolute atomic E-state index is 0.0823. The Morgan fingerprint density at radius 3 is 1.17 bits per heavy atom. The summed E-state index contributed by atoms with van der Waals surface area (Å²) in [5.74, 6) is 2.74. The molecular weight excluding hydrogens is 452 g/mol. The molecule has 0 saturated carbocycles. The van der Waals surface area contributed by atoms with Gasteiger partial charge in [0.25, 0.3) is 0 Å². The van der Waals surface area contributed by atoms with Gasteiger partial charge in [0, 0.05) is 24.2 Å². The van der Waals surface area contributed by atoms with Gasteiger partial charge in [-0.05, 0) is 85.6 Å². The summed E-state index contributed by atoms with van der Waals surface area (Å²) >= 11 is 0. The normalized spacial score (nSPS) is 10.3. The van der Waals surface area contributed by atoms with Crippen LogP contribution in [0.3, 0.4) is 0 Å². The predicted molar refractivity (Wildman–Crippen MR) is 142 cm³/mol. The fourth-order valence-corrected chi connectivity index (χ4v) is 3.48. The van der Waals surface area contributed by atoms with Crippen molar-refractivity contribution in [3.05, 3.63) is 109 Å². The van der Waals surface area contributed by atoms with E-state index in [-0.39, 0.29) is 11.8 Å². The molecular formula is C30H28N2O4. The van der Waals surface area contributed by atoms with E-state index in [0.717, 1.165) is 11.5 Å². The molecule has 36 heavy (non-hydrogen) atoms.